The summed E-state index contributed by atoms with van der Waals surface area (Å²) in [4.78, 5) is 0. The molecule has 0 aliphatic heterocycles. The molecule has 0 fully saturated rings. The van der Waals surface area contributed by atoms with Gasteiger partial charge in [0.2, 0.25) is 5.88 Å². The number of ether oxygens (including phenoxy) is 1. The molecule has 4 heteroatoms. The molecular formula is C10H13N3O. The summed E-state index contributed by atoms with van der Waals surface area (Å²) in [6.07, 6.45) is 0.990. The number of hydrogen-bond donors (Lipinski definition) is 0. The Bertz CT molecular complexity index is 436. The van der Waals surface area contributed by atoms with Crippen molar-refractivity contribution >= 4 is 5.52 Å². The number of aromatic nitrogens is 3. The average Bonchev–Trinajstić information content (AvgIpc) is 2.58. The first kappa shape index (κ1) is 8.99. The van der Waals surface area contributed by atoms with Crippen molar-refractivity contribution in [1.82, 2.24) is 14.8 Å². The fraction of sp³-hybridized carbons (Fsp3) is 0.400. The molecular weight excluding hydrogens is 178 g/mol. The van der Waals surface area contributed by atoms with Gasteiger partial charge in [0.1, 0.15) is 0 Å². The van der Waals surface area contributed by atoms with Crippen LogP contribution in [0.15, 0.2) is 18.2 Å². The van der Waals surface area contributed by atoms with Crippen molar-refractivity contribution in [3.63, 3.8) is 0 Å². The third kappa shape index (κ3) is 1.43. The van der Waals surface area contributed by atoms with E-state index in [-0.39, 0.29) is 0 Å². The average molecular weight is 191 g/mol. The van der Waals surface area contributed by atoms with Gasteiger partial charge in [0.25, 0.3) is 0 Å². The fourth-order valence-corrected chi connectivity index (χ4v) is 1.33. The van der Waals surface area contributed by atoms with E-state index in [0.717, 1.165) is 23.5 Å². The molecule has 2 aromatic rings. The molecule has 0 bridgehead atoms. The monoisotopic (exact) mass is 191 g/mol. The van der Waals surface area contributed by atoms with Crippen molar-refractivity contribution in [2.45, 2.75) is 20.3 Å². The van der Waals surface area contributed by atoms with E-state index in [2.05, 4.69) is 17.2 Å². The molecule has 2 aromatic heterocycles. The molecule has 0 aliphatic carbocycles. The fourth-order valence-electron chi connectivity index (χ4n) is 1.33. The Hall–Kier alpha value is -1.58. The lowest BCUT2D eigenvalue weighted by molar-refractivity contribution is 0.296. The summed E-state index contributed by atoms with van der Waals surface area (Å²) in [7, 11) is 0. The van der Waals surface area contributed by atoms with Gasteiger partial charge < -0.3 is 4.74 Å². The molecule has 0 saturated heterocycles. The van der Waals surface area contributed by atoms with Crippen molar-refractivity contribution in [3.8, 4) is 5.88 Å². The molecule has 74 valence electrons. The lowest BCUT2D eigenvalue weighted by Gasteiger charge is -2.05. The Kier molecular flexibility index (Phi) is 2.35. The summed E-state index contributed by atoms with van der Waals surface area (Å²) in [5, 5.41) is 8.01. The Morgan fingerprint density at radius 3 is 3.07 bits per heavy atom. The lowest BCUT2D eigenvalue weighted by atomic mass is 10.3. The lowest BCUT2D eigenvalue weighted by Crippen LogP contribution is -2.01. The zero-order chi connectivity index (χ0) is 9.97. The maximum atomic E-state index is 5.54. The minimum Gasteiger partial charge on any atom is -0.478 e. The Labute approximate surface area is 82.5 Å². The molecule has 0 unspecified atom stereocenters. The third-order valence-electron chi connectivity index (χ3n) is 2.04. The molecule has 0 atom stereocenters. The van der Waals surface area contributed by atoms with Crippen LogP contribution in [-0.4, -0.2) is 21.4 Å². The summed E-state index contributed by atoms with van der Waals surface area (Å²) >= 11 is 0. The van der Waals surface area contributed by atoms with Gasteiger partial charge in [0.05, 0.1) is 17.8 Å². The van der Waals surface area contributed by atoms with Gasteiger partial charge in [-0.25, -0.2) is 0 Å². The van der Waals surface area contributed by atoms with Gasteiger partial charge >= 0.3 is 0 Å². The smallest absolute Gasteiger partial charge is 0.216 e. The second-order valence-electron chi connectivity index (χ2n) is 3.18. The SMILES string of the molecule is CCCOc1cccc2c(C)nnn12. The van der Waals surface area contributed by atoms with Crippen molar-refractivity contribution in [1.29, 1.82) is 0 Å². The molecule has 2 rings (SSSR count). The summed E-state index contributed by atoms with van der Waals surface area (Å²) in [6.45, 7) is 4.72. The summed E-state index contributed by atoms with van der Waals surface area (Å²) in [5.41, 5.74) is 1.92. The number of rotatable bonds is 3. The van der Waals surface area contributed by atoms with E-state index in [4.69, 9.17) is 4.74 Å². The highest BCUT2D eigenvalue weighted by molar-refractivity contribution is 5.51. The standard InChI is InChI=1S/C10H13N3O/c1-3-7-14-10-6-4-5-9-8(2)11-12-13(9)10/h4-6H,3,7H2,1-2H3. The summed E-state index contributed by atoms with van der Waals surface area (Å²) in [6, 6.07) is 5.83. The minimum absolute atomic E-state index is 0.706. The predicted octanol–water partition coefficient (Wildman–Crippen LogP) is 1.83. The van der Waals surface area contributed by atoms with Crippen LogP contribution in [0, 0.1) is 6.92 Å². The number of fused-ring (bicyclic) bond motifs is 1. The molecule has 0 saturated carbocycles. The van der Waals surface area contributed by atoms with Gasteiger partial charge in [-0.15, -0.1) is 5.10 Å². The van der Waals surface area contributed by atoms with E-state index in [1.807, 2.05) is 25.1 Å². The van der Waals surface area contributed by atoms with Gasteiger partial charge in [-0.1, -0.05) is 18.2 Å². The van der Waals surface area contributed by atoms with Crippen LogP contribution in [0.3, 0.4) is 0 Å². The van der Waals surface area contributed by atoms with Gasteiger partial charge in [-0.3, -0.25) is 0 Å². The van der Waals surface area contributed by atoms with Crippen molar-refractivity contribution in [2.24, 2.45) is 0 Å². The molecule has 4 nitrogen and oxygen atoms in total. The van der Waals surface area contributed by atoms with Crippen LogP contribution in [0.25, 0.3) is 5.52 Å². The van der Waals surface area contributed by atoms with E-state index < -0.39 is 0 Å². The Morgan fingerprint density at radius 2 is 2.29 bits per heavy atom. The van der Waals surface area contributed by atoms with E-state index >= 15 is 0 Å². The van der Waals surface area contributed by atoms with E-state index in [9.17, 15) is 0 Å². The molecule has 0 amide bonds. The number of nitrogens with zero attached hydrogens (tertiary/aromatic N) is 3. The van der Waals surface area contributed by atoms with Gasteiger partial charge in [-0.2, -0.15) is 4.52 Å². The van der Waals surface area contributed by atoms with E-state index in [1.54, 1.807) is 4.52 Å². The molecule has 0 spiro atoms. The first-order valence-corrected chi connectivity index (χ1v) is 4.76. The van der Waals surface area contributed by atoms with Crippen LogP contribution in [-0.2, 0) is 0 Å². The summed E-state index contributed by atoms with van der Waals surface area (Å²) in [5.74, 6) is 0.755. The zero-order valence-corrected chi connectivity index (χ0v) is 8.40. The number of aryl methyl sites for hydroxylation is 1. The maximum absolute atomic E-state index is 5.54. The summed E-state index contributed by atoms with van der Waals surface area (Å²) < 4.78 is 7.27. The van der Waals surface area contributed by atoms with Gasteiger partial charge in [0, 0.05) is 6.07 Å². The zero-order valence-electron chi connectivity index (χ0n) is 8.40. The first-order chi connectivity index (χ1) is 6.83. The molecule has 14 heavy (non-hydrogen) atoms. The molecule has 0 aliphatic rings. The second kappa shape index (κ2) is 3.65. The van der Waals surface area contributed by atoms with Crippen molar-refractivity contribution < 1.29 is 4.74 Å². The predicted molar refractivity (Wildman–Crippen MR) is 53.5 cm³/mol. The van der Waals surface area contributed by atoms with Crippen LogP contribution < -0.4 is 4.74 Å². The third-order valence-corrected chi connectivity index (χ3v) is 2.04. The molecule has 0 N–H and O–H groups in total. The quantitative estimate of drug-likeness (QED) is 0.743. The molecule has 2 heterocycles. The van der Waals surface area contributed by atoms with Crippen molar-refractivity contribution in [2.75, 3.05) is 6.61 Å². The van der Waals surface area contributed by atoms with Crippen LogP contribution in [0.4, 0.5) is 0 Å². The van der Waals surface area contributed by atoms with Gasteiger partial charge in [0.15, 0.2) is 0 Å². The highest BCUT2D eigenvalue weighted by Crippen LogP contribution is 2.15. The molecule has 0 radical (unpaired) electrons. The highest BCUT2D eigenvalue weighted by atomic mass is 16.5. The number of hydrogen-bond acceptors (Lipinski definition) is 3. The van der Waals surface area contributed by atoms with Crippen LogP contribution in [0.2, 0.25) is 0 Å². The van der Waals surface area contributed by atoms with E-state index in [1.165, 1.54) is 0 Å². The normalized spacial score (nSPS) is 10.7. The van der Waals surface area contributed by atoms with Crippen molar-refractivity contribution in [3.05, 3.63) is 23.9 Å². The number of pyridine rings is 1. The first-order valence-electron chi connectivity index (χ1n) is 4.76. The second-order valence-corrected chi connectivity index (χ2v) is 3.18. The largest absolute Gasteiger partial charge is 0.478 e. The topological polar surface area (TPSA) is 39.4 Å². The van der Waals surface area contributed by atoms with Crippen LogP contribution in [0.1, 0.15) is 19.0 Å². The Morgan fingerprint density at radius 1 is 1.43 bits per heavy atom. The Balaban J connectivity index is 2.44. The minimum atomic E-state index is 0.706. The highest BCUT2D eigenvalue weighted by Gasteiger charge is 2.05. The van der Waals surface area contributed by atoms with E-state index in [0.29, 0.717) is 6.61 Å². The maximum Gasteiger partial charge on any atom is 0.216 e. The molecule has 0 aromatic carbocycles. The van der Waals surface area contributed by atoms with Crippen LogP contribution in [0.5, 0.6) is 5.88 Å². The van der Waals surface area contributed by atoms with Crippen LogP contribution >= 0.6 is 0 Å². The van der Waals surface area contributed by atoms with Gasteiger partial charge in [-0.05, 0) is 19.4 Å².